The lowest BCUT2D eigenvalue weighted by molar-refractivity contribution is 0.299. The van der Waals surface area contributed by atoms with Crippen molar-refractivity contribution in [3.05, 3.63) is 106 Å². The minimum Gasteiger partial charge on any atom is -0.487 e. The number of benzene rings is 3. The number of rotatable bonds is 5. The first kappa shape index (κ1) is 20.6. The van der Waals surface area contributed by atoms with Crippen LogP contribution in [0.2, 0.25) is 0 Å². The lowest BCUT2D eigenvalue weighted by Crippen LogP contribution is -2.22. The Morgan fingerprint density at radius 3 is 2.61 bits per heavy atom. The normalized spacial score (nSPS) is 11.1. The SMILES string of the molecule is Cc1ccc(C)c(OCc2cn(-c3cccc(-n4c(C)nc5ccccc5c4=O)c3)nn2)c1. The van der Waals surface area contributed by atoms with Gasteiger partial charge in [-0.25, -0.2) is 9.67 Å². The van der Waals surface area contributed by atoms with Crippen molar-refractivity contribution >= 4 is 10.9 Å². The summed E-state index contributed by atoms with van der Waals surface area (Å²) in [5.74, 6) is 1.46. The monoisotopic (exact) mass is 437 g/mol. The zero-order valence-corrected chi connectivity index (χ0v) is 18.7. The molecule has 0 saturated heterocycles. The highest BCUT2D eigenvalue weighted by Crippen LogP contribution is 2.21. The summed E-state index contributed by atoms with van der Waals surface area (Å²) in [6, 6.07) is 21.1. The lowest BCUT2D eigenvalue weighted by Gasteiger charge is -2.12. The number of ether oxygens (including phenoxy) is 1. The largest absolute Gasteiger partial charge is 0.487 e. The maximum Gasteiger partial charge on any atom is 0.265 e. The molecule has 0 aliphatic carbocycles. The Balaban J connectivity index is 1.44. The maximum atomic E-state index is 13.1. The molecule has 0 aliphatic heterocycles. The van der Waals surface area contributed by atoms with E-state index >= 15 is 0 Å². The average Bonchev–Trinajstić information content (AvgIpc) is 3.29. The molecule has 0 N–H and O–H groups in total. The van der Waals surface area contributed by atoms with Crippen molar-refractivity contribution in [2.45, 2.75) is 27.4 Å². The first-order valence-electron chi connectivity index (χ1n) is 10.7. The van der Waals surface area contributed by atoms with Crippen molar-refractivity contribution in [3.8, 4) is 17.1 Å². The molecule has 33 heavy (non-hydrogen) atoms. The summed E-state index contributed by atoms with van der Waals surface area (Å²) in [5, 5.41) is 9.08. The molecular weight excluding hydrogens is 414 g/mol. The highest BCUT2D eigenvalue weighted by molar-refractivity contribution is 5.77. The minimum atomic E-state index is -0.101. The van der Waals surface area contributed by atoms with E-state index in [1.807, 2.05) is 81.6 Å². The molecule has 0 bridgehead atoms. The van der Waals surface area contributed by atoms with Gasteiger partial charge in [-0.1, -0.05) is 35.5 Å². The molecule has 0 unspecified atom stereocenters. The molecule has 2 aromatic heterocycles. The molecule has 0 aliphatic rings. The highest BCUT2D eigenvalue weighted by atomic mass is 16.5. The van der Waals surface area contributed by atoms with Gasteiger partial charge in [-0.15, -0.1) is 5.10 Å². The summed E-state index contributed by atoms with van der Waals surface area (Å²) < 4.78 is 9.25. The van der Waals surface area contributed by atoms with Gasteiger partial charge in [0.25, 0.3) is 5.56 Å². The van der Waals surface area contributed by atoms with Crippen LogP contribution < -0.4 is 10.3 Å². The quantitative estimate of drug-likeness (QED) is 0.406. The van der Waals surface area contributed by atoms with Crippen molar-refractivity contribution in [1.29, 1.82) is 0 Å². The molecule has 0 fully saturated rings. The van der Waals surface area contributed by atoms with Crippen molar-refractivity contribution in [3.63, 3.8) is 0 Å². The molecule has 5 aromatic rings. The highest BCUT2D eigenvalue weighted by Gasteiger charge is 2.11. The van der Waals surface area contributed by atoms with Gasteiger partial charge in [-0.05, 0) is 68.3 Å². The number of aromatic nitrogens is 5. The van der Waals surface area contributed by atoms with E-state index in [0.717, 1.165) is 28.3 Å². The Morgan fingerprint density at radius 2 is 1.73 bits per heavy atom. The van der Waals surface area contributed by atoms with E-state index in [9.17, 15) is 4.79 Å². The number of aryl methyl sites for hydroxylation is 3. The molecule has 0 spiro atoms. The van der Waals surface area contributed by atoms with Crippen LogP contribution in [-0.4, -0.2) is 24.5 Å². The van der Waals surface area contributed by atoms with Gasteiger partial charge in [0, 0.05) is 0 Å². The standard InChI is InChI=1S/C26H23N5O2/c1-17-11-12-18(2)25(13-17)33-16-20-15-30(29-28-20)21-7-6-8-22(14-21)31-19(3)27-24-10-5-4-9-23(24)26(31)32/h4-15H,16H2,1-3H3. The second-order valence-electron chi connectivity index (χ2n) is 8.05. The fourth-order valence-corrected chi connectivity index (χ4v) is 3.83. The molecule has 0 saturated carbocycles. The predicted octanol–water partition coefficient (Wildman–Crippen LogP) is 4.47. The van der Waals surface area contributed by atoms with Gasteiger partial charge in [-0.2, -0.15) is 0 Å². The van der Waals surface area contributed by atoms with Crippen molar-refractivity contribution in [1.82, 2.24) is 24.5 Å². The van der Waals surface area contributed by atoms with Crippen LogP contribution in [0.4, 0.5) is 0 Å². The van der Waals surface area contributed by atoms with Gasteiger partial charge in [-0.3, -0.25) is 9.36 Å². The summed E-state index contributed by atoms with van der Waals surface area (Å²) in [5.41, 5.74) is 5.03. The summed E-state index contributed by atoms with van der Waals surface area (Å²) in [6.07, 6.45) is 1.83. The molecule has 3 aromatic carbocycles. The fraction of sp³-hybridized carbons (Fsp3) is 0.154. The first-order chi connectivity index (χ1) is 16.0. The molecule has 7 heteroatoms. The number of nitrogens with zero attached hydrogens (tertiary/aromatic N) is 5. The molecule has 5 rings (SSSR count). The van der Waals surface area contributed by atoms with Crippen LogP contribution >= 0.6 is 0 Å². The van der Waals surface area contributed by atoms with Crippen LogP contribution in [0.1, 0.15) is 22.6 Å². The first-order valence-corrected chi connectivity index (χ1v) is 10.7. The van der Waals surface area contributed by atoms with Crippen LogP contribution in [0.25, 0.3) is 22.3 Å². The molecule has 164 valence electrons. The van der Waals surface area contributed by atoms with Gasteiger partial charge in [0.05, 0.1) is 28.5 Å². The lowest BCUT2D eigenvalue weighted by atomic mass is 10.1. The van der Waals surface area contributed by atoms with E-state index in [-0.39, 0.29) is 5.56 Å². The molecular formula is C26H23N5O2. The Morgan fingerprint density at radius 1 is 0.909 bits per heavy atom. The predicted molar refractivity (Wildman–Crippen MR) is 127 cm³/mol. The van der Waals surface area contributed by atoms with E-state index in [1.54, 1.807) is 15.3 Å². The van der Waals surface area contributed by atoms with E-state index in [1.165, 1.54) is 0 Å². The summed E-state index contributed by atoms with van der Waals surface area (Å²) >= 11 is 0. The van der Waals surface area contributed by atoms with Crippen molar-refractivity contribution in [2.75, 3.05) is 0 Å². The Hall–Kier alpha value is -4.26. The zero-order valence-electron chi connectivity index (χ0n) is 18.7. The van der Waals surface area contributed by atoms with Gasteiger partial charge in [0.2, 0.25) is 0 Å². The molecule has 2 heterocycles. The van der Waals surface area contributed by atoms with Crippen molar-refractivity contribution < 1.29 is 4.74 Å². The van der Waals surface area contributed by atoms with E-state index in [0.29, 0.717) is 29.0 Å². The topological polar surface area (TPSA) is 74.8 Å². The number of fused-ring (bicyclic) bond motifs is 1. The number of para-hydroxylation sites is 1. The second kappa shape index (κ2) is 8.35. The number of hydrogen-bond donors (Lipinski definition) is 0. The third-order valence-electron chi connectivity index (χ3n) is 5.56. The zero-order chi connectivity index (χ0) is 22.9. The summed E-state index contributed by atoms with van der Waals surface area (Å²) in [7, 11) is 0. The average molecular weight is 438 g/mol. The Labute approximate surface area is 190 Å². The number of hydrogen-bond acceptors (Lipinski definition) is 5. The maximum absolute atomic E-state index is 13.1. The van der Waals surface area contributed by atoms with Crippen LogP contribution in [0, 0.1) is 20.8 Å². The van der Waals surface area contributed by atoms with E-state index < -0.39 is 0 Å². The summed E-state index contributed by atoms with van der Waals surface area (Å²) in [4.78, 5) is 17.7. The van der Waals surface area contributed by atoms with Crippen LogP contribution in [0.15, 0.2) is 77.7 Å². The smallest absolute Gasteiger partial charge is 0.265 e. The third-order valence-corrected chi connectivity index (χ3v) is 5.56. The Kier molecular flexibility index (Phi) is 5.22. The van der Waals surface area contributed by atoms with Crippen LogP contribution in [-0.2, 0) is 6.61 Å². The summed E-state index contributed by atoms with van der Waals surface area (Å²) in [6.45, 7) is 6.20. The van der Waals surface area contributed by atoms with E-state index in [4.69, 9.17) is 4.74 Å². The van der Waals surface area contributed by atoms with Gasteiger partial charge >= 0.3 is 0 Å². The second-order valence-corrected chi connectivity index (χ2v) is 8.05. The molecule has 0 radical (unpaired) electrons. The molecule has 7 nitrogen and oxygen atoms in total. The van der Waals surface area contributed by atoms with Gasteiger partial charge in [0.15, 0.2) is 0 Å². The minimum absolute atomic E-state index is 0.101. The van der Waals surface area contributed by atoms with Crippen LogP contribution in [0.5, 0.6) is 5.75 Å². The van der Waals surface area contributed by atoms with Crippen molar-refractivity contribution in [2.24, 2.45) is 0 Å². The van der Waals surface area contributed by atoms with Gasteiger partial charge < -0.3 is 4.74 Å². The van der Waals surface area contributed by atoms with Crippen LogP contribution in [0.3, 0.4) is 0 Å². The van der Waals surface area contributed by atoms with E-state index in [2.05, 4.69) is 21.4 Å². The van der Waals surface area contributed by atoms with Gasteiger partial charge in [0.1, 0.15) is 23.9 Å². The Bertz CT molecular complexity index is 1530. The fourth-order valence-electron chi connectivity index (χ4n) is 3.83. The molecule has 0 amide bonds. The molecule has 0 atom stereocenters. The third kappa shape index (κ3) is 4.01.